The van der Waals surface area contributed by atoms with Crippen molar-refractivity contribution in [1.29, 1.82) is 0 Å². The molecule has 0 bridgehead atoms. The second-order valence-corrected chi connectivity index (χ2v) is 6.95. The number of hydrogen-bond donors (Lipinski definition) is 2. The summed E-state index contributed by atoms with van der Waals surface area (Å²) >= 11 is 0. The van der Waals surface area contributed by atoms with E-state index in [0.29, 0.717) is 36.9 Å². The van der Waals surface area contributed by atoms with E-state index in [2.05, 4.69) is 5.32 Å². The van der Waals surface area contributed by atoms with E-state index < -0.39 is 5.91 Å². The van der Waals surface area contributed by atoms with Gasteiger partial charge in [-0.3, -0.25) is 4.79 Å². The lowest BCUT2D eigenvalue weighted by molar-refractivity contribution is 0.1000. The summed E-state index contributed by atoms with van der Waals surface area (Å²) in [5.41, 5.74) is 7.42. The van der Waals surface area contributed by atoms with Crippen LogP contribution in [0.3, 0.4) is 0 Å². The summed E-state index contributed by atoms with van der Waals surface area (Å²) in [5, 5.41) is 2.85. The molecule has 0 saturated carbocycles. The number of nitrogens with zero attached hydrogens (tertiary/aromatic N) is 1. The smallest absolute Gasteiger partial charge is 0.321 e. The van der Waals surface area contributed by atoms with E-state index in [1.165, 1.54) is 5.56 Å². The lowest BCUT2D eigenvalue weighted by atomic mass is 9.99. The Morgan fingerprint density at radius 1 is 1.22 bits per heavy atom. The number of nitrogens with one attached hydrogen (secondary N) is 1. The Balaban J connectivity index is 1.53. The fourth-order valence-electron chi connectivity index (χ4n) is 3.19. The number of primary amides is 1. The van der Waals surface area contributed by atoms with Gasteiger partial charge in [-0.15, -0.1) is 0 Å². The van der Waals surface area contributed by atoms with Crippen LogP contribution in [-0.2, 0) is 0 Å². The molecule has 6 heteroatoms. The van der Waals surface area contributed by atoms with Gasteiger partial charge in [0.25, 0.3) is 0 Å². The molecular formula is C21H25N3O3. The van der Waals surface area contributed by atoms with Crippen LogP contribution < -0.4 is 15.8 Å². The minimum atomic E-state index is -0.516. The van der Waals surface area contributed by atoms with E-state index in [9.17, 15) is 9.59 Å². The molecule has 142 valence electrons. The van der Waals surface area contributed by atoms with Gasteiger partial charge >= 0.3 is 6.03 Å². The van der Waals surface area contributed by atoms with Crippen molar-refractivity contribution in [2.75, 3.05) is 25.0 Å². The Labute approximate surface area is 159 Å². The molecule has 1 saturated heterocycles. The maximum Gasteiger partial charge on any atom is 0.321 e. The first-order chi connectivity index (χ1) is 13.0. The second kappa shape index (κ2) is 8.58. The van der Waals surface area contributed by atoms with Crippen LogP contribution >= 0.6 is 0 Å². The average Bonchev–Trinajstić information content (AvgIpc) is 2.68. The molecule has 3 amide bonds. The van der Waals surface area contributed by atoms with Crippen LogP contribution in [-0.4, -0.2) is 36.5 Å². The highest BCUT2D eigenvalue weighted by atomic mass is 16.5. The molecule has 1 atom stereocenters. The number of amides is 3. The zero-order chi connectivity index (χ0) is 19.2. The number of carbonyl (C=O) groups is 2. The van der Waals surface area contributed by atoms with Gasteiger partial charge < -0.3 is 20.7 Å². The molecule has 1 aliphatic heterocycles. The summed E-state index contributed by atoms with van der Waals surface area (Å²) in [7, 11) is 0. The van der Waals surface area contributed by atoms with Gasteiger partial charge in [-0.25, -0.2) is 4.79 Å². The standard InChI is InChI=1S/C21H25N3O3/c1-15-7-9-19(10-8-15)27-14-16-4-3-11-24(13-16)21(26)23-18-6-2-5-17(12-18)20(22)25/h2,5-10,12,16H,3-4,11,13-14H2,1H3,(H2,22,25)(H,23,26). The van der Waals surface area contributed by atoms with Crippen molar-refractivity contribution in [2.45, 2.75) is 19.8 Å². The van der Waals surface area contributed by atoms with Crippen molar-refractivity contribution in [2.24, 2.45) is 11.7 Å². The molecule has 27 heavy (non-hydrogen) atoms. The van der Waals surface area contributed by atoms with Crippen LogP contribution in [0.1, 0.15) is 28.8 Å². The van der Waals surface area contributed by atoms with Crippen LogP contribution in [0.2, 0.25) is 0 Å². The highest BCUT2D eigenvalue weighted by Crippen LogP contribution is 2.20. The van der Waals surface area contributed by atoms with E-state index >= 15 is 0 Å². The normalized spacial score (nSPS) is 16.6. The van der Waals surface area contributed by atoms with E-state index in [1.807, 2.05) is 31.2 Å². The van der Waals surface area contributed by atoms with Crippen molar-refractivity contribution in [3.63, 3.8) is 0 Å². The van der Waals surface area contributed by atoms with Crippen LogP contribution in [0, 0.1) is 12.8 Å². The van der Waals surface area contributed by atoms with E-state index in [-0.39, 0.29) is 6.03 Å². The van der Waals surface area contributed by atoms with Gasteiger partial charge in [-0.05, 0) is 50.1 Å². The molecule has 0 aromatic heterocycles. The van der Waals surface area contributed by atoms with Gasteiger partial charge in [-0.2, -0.15) is 0 Å². The minimum absolute atomic E-state index is 0.170. The van der Waals surface area contributed by atoms with E-state index in [1.54, 1.807) is 29.2 Å². The van der Waals surface area contributed by atoms with Crippen molar-refractivity contribution < 1.29 is 14.3 Å². The summed E-state index contributed by atoms with van der Waals surface area (Å²) in [6.45, 7) is 3.99. The number of anilines is 1. The van der Waals surface area contributed by atoms with Crippen LogP contribution in [0.4, 0.5) is 10.5 Å². The molecule has 1 heterocycles. The third-order valence-corrected chi connectivity index (χ3v) is 4.71. The summed E-state index contributed by atoms with van der Waals surface area (Å²) in [6, 6.07) is 14.5. The van der Waals surface area contributed by atoms with E-state index in [0.717, 1.165) is 18.6 Å². The first-order valence-corrected chi connectivity index (χ1v) is 9.16. The number of piperidine rings is 1. The highest BCUT2D eigenvalue weighted by molar-refractivity contribution is 5.95. The van der Waals surface area contributed by atoms with Gasteiger partial charge in [-0.1, -0.05) is 23.8 Å². The predicted molar refractivity (Wildman–Crippen MR) is 105 cm³/mol. The summed E-state index contributed by atoms with van der Waals surface area (Å²) in [6.07, 6.45) is 1.98. The van der Waals surface area contributed by atoms with Crippen molar-refractivity contribution in [3.05, 3.63) is 59.7 Å². The molecule has 6 nitrogen and oxygen atoms in total. The Morgan fingerprint density at radius 2 is 2.00 bits per heavy atom. The van der Waals surface area contributed by atoms with Gasteiger partial charge in [0.15, 0.2) is 0 Å². The van der Waals surface area contributed by atoms with Crippen LogP contribution in [0.25, 0.3) is 0 Å². The van der Waals surface area contributed by atoms with Crippen LogP contribution in [0.5, 0.6) is 5.75 Å². The highest BCUT2D eigenvalue weighted by Gasteiger charge is 2.24. The fraction of sp³-hybridized carbons (Fsp3) is 0.333. The molecular weight excluding hydrogens is 342 g/mol. The maximum absolute atomic E-state index is 12.6. The maximum atomic E-state index is 12.6. The molecule has 3 rings (SSSR count). The topological polar surface area (TPSA) is 84.7 Å². The Kier molecular flexibility index (Phi) is 5.96. The number of benzene rings is 2. The summed E-state index contributed by atoms with van der Waals surface area (Å²) < 4.78 is 5.88. The van der Waals surface area contributed by atoms with Gasteiger partial charge in [0, 0.05) is 30.3 Å². The zero-order valence-electron chi connectivity index (χ0n) is 15.5. The van der Waals surface area contributed by atoms with Gasteiger partial charge in [0.05, 0.1) is 6.61 Å². The largest absolute Gasteiger partial charge is 0.493 e. The number of carbonyl (C=O) groups excluding carboxylic acids is 2. The average molecular weight is 367 g/mol. The third kappa shape index (κ3) is 5.23. The quantitative estimate of drug-likeness (QED) is 0.849. The SMILES string of the molecule is Cc1ccc(OCC2CCCN(C(=O)Nc3cccc(C(N)=O)c3)C2)cc1. The van der Waals surface area contributed by atoms with Crippen molar-refractivity contribution >= 4 is 17.6 Å². The molecule has 0 aliphatic carbocycles. The summed E-state index contributed by atoms with van der Waals surface area (Å²) in [5.74, 6) is 0.630. The lowest BCUT2D eigenvalue weighted by Gasteiger charge is -2.32. The van der Waals surface area contributed by atoms with E-state index in [4.69, 9.17) is 10.5 Å². The Bertz CT molecular complexity index is 805. The Morgan fingerprint density at radius 3 is 2.74 bits per heavy atom. The van der Waals surface area contributed by atoms with Gasteiger partial charge in [0.2, 0.25) is 5.91 Å². The number of ether oxygens (including phenoxy) is 1. The zero-order valence-corrected chi connectivity index (χ0v) is 15.5. The number of urea groups is 1. The van der Waals surface area contributed by atoms with Crippen molar-refractivity contribution in [3.8, 4) is 5.75 Å². The first-order valence-electron chi connectivity index (χ1n) is 9.16. The van der Waals surface area contributed by atoms with Crippen LogP contribution in [0.15, 0.2) is 48.5 Å². The summed E-state index contributed by atoms with van der Waals surface area (Å²) in [4.78, 5) is 25.6. The number of likely N-dealkylation sites (tertiary alicyclic amines) is 1. The molecule has 2 aromatic carbocycles. The first kappa shape index (κ1) is 18.8. The molecule has 1 fully saturated rings. The molecule has 3 N–H and O–H groups in total. The molecule has 0 spiro atoms. The van der Waals surface area contributed by atoms with Gasteiger partial charge in [0.1, 0.15) is 5.75 Å². The second-order valence-electron chi connectivity index (χ2n) is 6.95. The monoisotopic (exact) mass is 367 g/mol. The Hall–Kier alpha value is -3.02. The molecule has 1 unspecified atom stereocenters. The minimum Gasteiger partial charge on any atom is -0.493 e. The number of rotatable bonds is 5. The fourth-order valence-corrected chi connectivity index (χ4v) is 3.19. The number of hydrogen-bond acceptors (Lipinski definition) is 3. The molecule has 1 aliphatic rings. The van der Waals surface area contributed by atoms with Crippen molar-refractivity contribution in [1.82, 2.24) is 4.90 Å². The molecule has 0 radical (unpaired) electrons. The predicted octanol–water partition coefficient (Wildman–Crippen LogP) is 3.42. The number of aryl methyl sites for hydroxylation is 1. The lowest BCUT2D eigenvalue weighted by Crippen LogP contribution is -2.43. The third-order valence-electron chi connectivity index (χ3n) is 4.71. The molecule has 2 aromatic rings. The number of nitrogens with two attached hydrogens (primary N) is 1.